The Kier molecular flexibility index (Phi) is 3.15. The average molecular weight is 266 g/mol. The first-order valence-electron chi connectivity index (χ1n) is 6.69. The van der Waals surface area contributed by atoms with Crippen LogP contribution >= 0.6 is 0 Å². The van der Waals surface area contributed by atoms with Crippen LogP contribution in [-0.2, 0) is 6.42 Å². The van der Waals surface area contributed by atoms with Gasteiger partial charge >= 0.3 is 0 Å². The van der Waals surface area contributed by atoms with E-state index in [0.29, 0.717) is 5.39 Å². The number of halogens is 1. The van der Waals surface area contributed by atoms with Gasteiger partial charge < -0.3 is 5.11 Å². The van der Waals surface area contributed by atoms with Crippen LogP contribution in [-0.4, -0.2) is 5.11 Å². The summed E-state index contributed by atoms with van der Waals surface area (Å²) in [5.74, 6) is -0.232. The fourth-order valence-corrected chi connectivity index (χ4v) is 2.40. The molecule has 3 aromatic rings. The minimum Gasteiger partial charge on any atom is -0.508 e. The molecule has 3 aromatic carbocycles. The second-order valence-electron chi connectivity index (χ2n) is 4.91. The summed E-state index contributed by atoms with van der Waals surface area (Å²) in [6.07, 6.45) is 0.992. The molecule has 0 saturated carbocycles. The highest BCUT2D eigenvalue weighted by molar-refractivity contribution is 5.89. The maximum Gasteiger partial charge on any atom is 0.131 e. The van der Waals surface area contributed by atoms with Crippen molar-refractivity contribution in [3.8, 4) is 16.9 Å². The Balaban J connectivity index is 2.14. The maximum atomic E-state index is 14.1. The lowest BCUT2D eigenvalue weighted by atomic mass is 9.99. The number of benzene rings is 3. The SMILES string of the molecule is CCc1ccc(-c2cc(F)c3cc(O)ccc3c2)cc1. The fourth-order valence-electron chi connectivity index (χ4n) is 2.40. The summed E-state index contributed by atoms with van der Waals surface area (Å²) >= 11 is 0. The Bertz CT molecular complexity index is 760. The highest BCUT2D eigenvalue weighted by Gasteiger charge is 2.06. The van der Waals surface area contributed by atoms with Crippen LogP contribution in [0.1, 0.15) is 12.5 Å². The lowest BCUT2D eigenvalue weighted by Crippen LogP contribution is -1.85. The van der Waals surface area contributed by atoms with Crippen molar-refractivity contribution in [3.63, 3.8) is 0 Å². The zero-order valence-electron chi connectivity index (χ0n) is 11.2. The first-order chi connectivity index (χ1) is 9.67. The molecule has 2 heteroatoms. The van der Waals surface area contributed by atoms with E-state index >= 15 is 0 Å². The number of hydrogen-bond acceptors (Lipinski definition) is 1. The maximum absolute atomic E-state index is 14.1. The smallest absolute Gasteiger partial charge is 0.131 e. The number of hydrogen-bond donors (Lipinski definition) is 1. The van der Waals surface area contributed by atoms with Gasteiger partial charge in [0.15, 0.2) is 0 Å². The number of aryl methyl sites for hydroxylation is 1. The van der Waals surface area contributed by atoms with E-state index in [2.05, 4.69) is 19.1 Å². The van der Waals surface area contributed by atoms with E-state index in [-0.39, 0.29) is 11.6 Å². The van der Waals surface area contributed by atoms with E-state index in [1.165, 1.54) is 17.7 Å². The largest absolute Gasteiger partial charge is 0.508 e. The Hall–Kier alpha value is -2.35. The van der Waals surface area contributed by atoms with Crippen molar-refractivity contribution in [1.29, 1.82) is 0 Å². The summed E-state index contributed by atoms with van der Waals surface area (Å²) in [7, 11) is 0. The summed E-state index contributed by atoms with van der Waals surface area (Å²) in [6, 6.07) is 16.4. The van der Waals surface area contributed by atoms with Crippen molar-refractivity contribution in [2.24, 2.45) is 0 Å². The van der Waals surface area contributed by atoms with Gasteiger partial charge in [-0.25, -0.2) is 4.39 Å². The van der Waals surface area contributed by atoms with E-state index in [9.17, 15) is 9.50 Å². The molecule has 0 heterocycles. The van der Waals surface area contributed by atoms with Gasteiger partial charge in [-0.05, 0) is 52.8 Å². The fraction of sp³-hybridized carbons (Fsp3) is 0.111. The van der Waals surface area contributed by atoms with Gasteiger partial charge in [-0.15, -0.1) is 0 Å². The standard InChI is InChI=1S/C18H15FO/c1-2-12-3-5-13(6-4-12)15-9-14-7-8-16(20)11-17(14)18(19)10-15/h3-11,20H,2H2,1H3. The third-order valence-electron chi connectivity index (χ3n) is 3.58. The van der Waals surface area contributed by atoms with Crippen LogP contribution in [0.4, 0.5) is 4.39 Å². The van der Waals surface area contributed by atoms with Crippen LogP contribution in [0.5, 0.6) is 5.75 Å². The molecule has 0 aliphatic carbocycles. The molecule has 1 N–H and O–H groups in total. The monoisotopic (exact) mass is 266 g/mol. The molecule has 0 radical (unpaired) electrons. The molecule has 100 valence electrons. The van der Waals surface area contributed by atoms with Gasteiger partial charge in [-0.3, -0.25) is 0 Å². The van der Waals surface area contributed by atoms with Crippen molar-refractivity contribution in [2.45, 2.75) is 13.3 Å². The normalized spacial score (nSPS) is 10.9. The molecule has 0 fully saturated rings. The molecule has 0 spiro atoms. The van der Waals surface area contributed by atoms with Gasteiger partial charge in [0, 0.05) is 5.39 Å². The number of fused-ring (bicyclic) bond motifs is 1. The first-order valence-corrected chi connectivity index (χ1v) is 6.69. The number of phenols is 1. The third-order valence-corrected chi connectivity index (χ3v) is 3.58. The molecular formula is C18H15FO. The molecule has 0 atom stereocenters. The molecule has 0 aliphatic heterocycles. The third kappa shape index (κ3) is 2.25. The van der Waals surface area contributed by atoms with E-state index in [0.717, 1.165) is 22.9 Å². The van der Waals surface area contributed by atoms with E-state index in [1.807, 2.05) is 18.2 Å². The van der Waals surface area contributed by atoms with Gasteiger partial charge in [0.2, 0.25) is 0 Å². The van der Waals surface area contributed by atoms with Crippen molar-refractivity contribution in [3.05, 3.63) is 66.0 Å². The second kappa shape index (κ2) is 4.97. The molecule has 0 aromatic heterocycles. The van der Waals surface area contributed by atoms with Crippen LogP contribution in [0.3, 0.4) is 0 Å². The predicted octanol–water partition coefficient (Wildman–Crippen LogP) is 4.91. The summed E-state index contributed by atoms with van der Waals surface area (Å²) in [4.78, 5) is 0. The molecular weight excluding hydrogens is 251 g/mol. The Labute approximate surface area is 117 Å². The lowest BCUT2D eigenvalue weighted by Gasteiger charge is -2.07. The topological polar surface area (TPSA) is 20.2 Å². The molecule has 3 rings (SSSR count). The summed E-state index contributed by atoms with van der Waals surface area (Å²) in [5.41, 5.74) is 3.11. The van der Waals surface area contributed by atoms with Crippen molar-refractivity contribution in [1.82, 2.24) is 0 Å². The van der Waals surface area contributed by atoms with Gasteiger partial charge in [0.05, 0.1) is 0 Å². The van der Waals surface area contributed by atoms with Gasteiger partial charge in [0.1, 0.15) is 11.6 Å². The molecule has 0 bridgehead atoms. The molecule has 0 amide bonds. The molecule has 0 saturated heterocycles. The van der Waals surface area contributed by atoms with Crippen LogP contribution in [0.15, 0.2) is 54.6 Å². The van der Waals surface area contributed by atoms with Gasteiger partial charge in [-0.2, -0.15) is 0 Å². The summed E-state index contributed by atoms with van der Waals surface area (Å²) in [6.45, 7) is 2.11. The van der Waals surface area contributed by atoms with E-state index in [1.54, 1.807) is 12.1 Å². The summed E-state index contributed by atoms with van der Waals surface area (Å²) in [5, 5.41) is 10.7. The van der Waals surface area contributed by atoms with Crippen molar-refractivity contribution >= 4 is 10.8 Å². The summed E-state index contributed by atoms with van der Waals surface area (Å²) < 4.78 is 14.1. The Morgan fingerprint density at radius 2 is 1.65 bits per heavy atom. The molecule has 1 nitrogen and oxygen atoms in total. The molecule has 20 heavy (non-hydrogen) atoms. The predicted molar refractivity (Wildman–Crippen MR) is 80.4 cm³/mol. The lowest BCUT2D eigenvalue weighted by molar-refractivity contribution is 0.476. The first kappa shape index (κ1) is 12.7. The minimum atomic E-state index is -0.312. The van der Waals surface area contributed by atoms with E-state index in [4.69, 9.17) is 0 Å². The van der Waals surface area contributed by atoms with Crippen molar-refractivity contribution in [2.75, 3.05) is 0 Å². The number of aromatic hydroxyl groups is 1. The second-order valence-corrected chi connectivity index (χ2v) is 4.91. The van der Waals surface area contributed by atoms with Crippen LogP contribution in [0.25, 0.3) is 21.9 Å². The number of rotatable bonds is 2. The molecule has 0 unspecified atom stereocenters. The Morgan fingerprint density at radius 3 is 2.35 bits per heavy atom. The molecule has 0 aliphatic rings. The zero-order valence-corrected chi connectivity index (χ0v) is 11.2. The van der Waals surface area contributed by atoms with Crippen LogP contribution < -0.4 is 0 Å². The van der Waals surface area contributed by atoms with Crippen LogP contribution in [0, 0.1) is 5.82 Å². The average Bonchev–Trinajstić information content (AvgIpc) is 2.48. The zero-order chi connectivity index (χ0) is 14.1. The Morgan fingerprint density at radius 1 is 0.900 bits per heavy atom. The highest BCUT2D eigenvalue weighted by atomic mass is 19.1. The quantitative estimate of drug-likeness (QED) is 0.698. The van der Waals surface area contributed by atoms with Crippen molar-refractivity contribution < 1.29 is 9.50 Å². The van der Waals surface area contributed by atoms with Gasteiger partial charge in [0.25, 0.3) is 0 Å². The van der Waals surface area contributed by atoms with E-state index < -0.39 is 0 Å². The minimum absolute atomic E-state index is 0.0800. The van der Waals surface area contributed by atoms with Gasteiger partial charge in [-0.1, -0.05) is 37.3 Å². The number of phenolic OH excluding ortho intramolecular Hbond substituents is 1. The highest BCUT2D eigenvalue weighted by Crippen LogP contribution is 2.29. The van der Waals surface area contributed by atoms with Crippen LogP contribution in [0.2, 0.25) is 0 Å².